The second-order valence-corrected chi connectivity index (χ2v) is 4.43. The van der Waals surface area contributed by atoms with Crippen molar-refractivity contribution in [3.05, 3.63) is 42.5 Å². The van der Waals surface area contributed by atoms with E-state index in [2.05, 4.69) is 37.9 Å². The Bertz CT molecular complexity index is 331. The number of ether oxygens (including phenoxy) is 1. The van der Waals surface area contributed by atoms with Gasteiger partial charge in [-0.15, -0.1) is 6.58 Å². The van der Waals surface area contributed by atoms with Crippen LogP contribution in [0.25, 0.3) is 0 Å². The van der Waals surface area contributed by atoms with Gasteiger partial charge in [0.2, 0.25) is 0 Å². The molecule has 1 rings (SSSR count). The molecule has 0 spiro atoms. The minimum absolute atomic E-state index is 0.362. The van der Waals surface area contributed by atoms with E-state index in [-0.39, 0.29) is 0 Å². The van der Waals surface area contributed by atoms with Gasteiger partial charge in [-0.05, 0) is 44.4 Å². The van der Waals surface area contributed by atoms with Crippen LogP contribution in [0.3, 0.4) is 0 Å². The lowest BCUT2D eigenvalue weighted by atomic mass is 10.1. The summed E-state index contributed by atoms with van der Waals surface area (Å²) in [5.41, 5.74) is 1.29. The van der Waals surface area contributed by atoms with Crippen molar-refractivity contribution in [1.29, 1.82) is 0 Å². The highest BCUT2D eigenvalue weighted by atomic mass is 16.5. The standard InChI is InChI=1S/C15H23NO/c1-5-6-7-12(2)16-13(3)14-8-10-15(17-4)11-9-14/h5,8-13,16H,1,6-7H2,2-4H3/t12?,13-/m0/s1. The Labute approximate surface area is 105 Å². The molecule has 0 aliphatic carbocycles. The number of rotatable bonds is 7. The third-order valence-electron chi connectivity index (χ3n) is 2.95. The first kappa shape index (κ1) is 13.8. The third kappa shape index (κ3) is 4.61. The largest absolute Gasteiger partial charge is 0.497 e. The lowest BCUT2D eigenvalue weighted by Gasteiger charge is -2.20. The van der Waals surface area contributed by atoms with Gasteiger partial charge in [0.25, 0.3) is 0 Å². The minimum atomic E-state index is 0.362. The van der Waals surface area contributed by atoms with Gasteiger partial charge < -0.3 is 10.1 Å². The maximum atomic E-state index is 5.15. The van der Waals surface area contributed by atoms with Crippen molar-refractivity contribution in [2.45, 2.75) is 38.8 Å². The molecule has 0 aliphatic heterocycles. The lowest BCUT2D eigenvalue weighted by molar-refractivity contribution is 0.414. The van der Waals surface area contributed by atoms with Crippen LogP contribution in [0.15, 0.2) is 36.9 Å². The zero-order valence-corrected chi connectivity index (χ0v) is 11.1. The molecule has 0 fully saturated rings. The minimum Gasteiger partial charge on any atom is -0.497 e. The molecule has 2 atom stereocenters. The van der Waals surface area contributed by atoms with Gasteiger partial charge in [-0.3, -0.25) is 0 Å². The molecule has 0 amide bonds. The van der Waals surface area contributed by atoms with E-state index in [4.69, 9.17) is 4.74 Å². The Hall–Kier alpha value is -1.28. The molecule has 1 aromatic rings. The number of benzene rings is 1. The molecular formula is C15H23NO. The van der Waals surface area contributed by atoms with Gasteiger partial charge in [-0.25, -0.2) is 0 Å². The van der Waals surface area contributed by atoms with Crippen molar-refractivity contribution in [3.8, 4) is 5.75 Å². The van der Waals surface area contributed by atoms with Crippen LogP contribution in [-0.2, 0) is 0 Å². The normalized spacial score (nSPS) is 14.1. The molecule has 2 heteroatoms. The predicted molar refractivity (Wildman–Crippen MR) is 73.4 cm³/mol. The van der Waals surface area contributed by atoms with Crippen molar-refractivity contribution in [1.82, 2.24) is 5.32 Å². The van der Waals surface area contributed by atoms with E-state index in [1.54, 1.807) is 7.11 Å². The highest BCUT2D eigenvalue weighted by molar-refractivity contribution is 5.28. The molecule has 1 N–H and O–H groups in total. The van der Waals surface area contributed by atoms with Gasteiger partial charge in [0.1, 0.15) is 5.75 Å². The van der Waals surface area contributed by atoms with Crippen molar-refractivity contribution in [2.24, 2.45) is 0 Å². The summed E-state index contributed by atoms with van der Waals surface area (Å²) in [6.45, 7) is 8.15. The smallest absolute Gasteiger partial charge is 0.118 e. The number of hydrogen-bond donors (Lipinski definition) is 1. The number of nitrogens with one attached hydrogen (secondary N) is 1. The van der Waals surface area contributed by atoms with Crippen molar-refractivity contribution in [2.75, 3.05) is 7.11 Å². The van der Waals surface area contributed by atoms with E-state index in [1.807, 2.05) is 18.2 Å². The van der Waals surface area contributed by atoms with Gasteiger partial charge in [0.05, 0.1) is 7.11 Å². The lowest BCUT2D eigenvalue weighted by Crippen LogP contribution is -2.28. The quantitative estimate of drug-likeness (QED) is 0.725. The molecule has 0 radical (unpaired) electrons. The summed E-state index contributed by atoms with van der Waals surface area (Å²) in [6.07, 6.45) is 4.16. The molecule has 94 valence electrons. The van der Waals surface area contributed by atoms with Crippen LogP contribution < -0.4 is 10.1 Å². The van der Waals surface area contributed by atoms with Gasteiger partial charge in [-0.2, -0.15) is 0 Å². The Morgan fingerprint density at radius 1 is 1.29 bits per heavy atom. The Balaban J connectivity index is 2.50. The molecule has 1 aromatic carbocycles. The summed E-state index contributed by atoms with van der Waals surface area (Å²) in [5, 5.41) is 3.58. The summed E-state index contributed by atoms with van der Waals surface area (Å²) in [4.78, 5) is 0. The zero-order valence-electron chi connectivity index (χ0n) is 11.1. The second-order valence-electron chi connectivity index (χ2n) is 4.43. The fraction of sp³-hybridized carbons (Fsp3) is 0.467. The first-order valence-electron chi connectivity index (χ1n) is 6.18. The number of methoxy groups -OCH3 is 1. The highest BCUT2D eigenvalue weighted by Gasteiger charge is 2.08. The van der Waals surface area contributed by atoms with Crippen molar-refractivity contribution < 1.29 is 4.74 Å². The molecule has 2 nitrogen and oxygen atoms in total. The topological polar surface area (TPSA) is 21.3 Å². The molecule has 0 heterocycles. The Morgan fingerprint density at radius 2 is 1.94 bits per heavy atom. The van der Waals surface area contributed by atoms with Crippen molar-refractivity contribution in [3.63, 3.8) is 0 Å². The predicted octanol–water partition coefficient (Wildman–Crippen LogP) is 3.70. The maximum absolute atomic E-state index is 5.15. The monoisotopic (exact) mass is 233 g/mol. The van der Waals surface area contributed by atoms with E-state index in [1.165, 1.54) is 5.56 Å². The van der Waals surface area contributed by atoms with Crippen LogP contribution in [0.2, 0.25) is 0 Å². The molecule has 1 unspecified atom stereocenters. The van der Waals surface area contributed by atoms with Crippen LogP contribution in [0.4, 0.5) is 0 Å². The molecule has 17 heavy (non-hydrogen) atoms. The number of allylic oxidation sites excluding steroid dienone is 1. The Morgan fingerprint density at radius 3 is 2.47 bits per heavy atom. The van der Waals surface area contributed by atoms with Gasteiger partial charge >= 0.3 is 0 Å². The van der Waals surface area contributed by atoms with Crippen LogP contribution in [0.1, 0.15) is 38.3 Å². The number of hydrogen-bond acceptors (Lipinski definition) is 2. The van der Waals surface area contributed by atoms with Gasteiger partial charge in [0.15, 0.2) is 0 Å². The summed E-state index contributed by atoms with van der Waals surface area (Å²) in [6, 6.07) is 9.09. The van der Waals surface area contributed by atoms with Gasteiger partial charge in [-0.1, -0.05) is 18.2 Å². The SMILES string of the molecule is C=CCCC(C)N[C@@H](C)c1ccc(OC)cc1. The Kier molecular flexibility index (Phi) is 5.78. The summed E-state index contributed by atoms with van der Waals surface area (Å²) in [7, 11) is 1.69. The fourth-order valence-corrected chi connectivity index (χ4v) is 1.87. The second kappa shape index (κ2) is 7.13. The van der Waals surface area contributed by atoms with Crippen LogP contribution in [0, 0.1) is 0 Å². The van der Waals surface area contributed by atoms with E-state index in [0.717, 1.165) is 18.6 Å². The molecule has 0 aliphatic rings. The average Bonchev–Trinajstić information content (AvgIpc) is 2.36. The first-order chi connectivity index (χ1) is 8.17. The van der Waals surface area contributed by atoms with E-state index < -0.39 is 0 Å². The summed E-state index contributed by atoms with van der Waals surface area (Å²) in [5.74, 6) is 0.903. The molecular weight excluding hydrogens is 210 g/mol. The van der Waals surface area contributed by atoms with E-state index in [9.17, 15) is 0 Å². The fourth-order valence-electron chi connectivity index (χ4n) is 1.87. The summed E-state index contributed by atoms with van der Waals surface area (Å²) < 4.78 is 5.15. The van der Waals surface area contributed by atoms with Crippen molar-refractivity contribution >= 4 is 0 Å². The van der Waals surface area contributed by atoms with Crippen LogP contribution in [0.5, 0.6) is 5.75 Å². The van der Waals surface area contributed by atoms with Crippen LogP contribution in [-0.4, -0.2) is 13.2 Å². The maximum Gasteiger partial charge on any atom is 0.118 e. The summed E-state index contributed by atoms with van der Waals surface area (Å²) >= 11 is 0. The molecule has 0 bridgehead atoms. The van der Waals surface area contributed by atoms with E-state index in [0.29, 0.717) is 12.1 Å². The molecule has 0 aromatic heterocycles. The third-order valence-corrected chi connectivity index (χ3v) is 2.95. The van der Waals surface area contributed by atoms with Gasteiger partial charge in [0, 0.05) is 12.1 Å². The molecule has 0 saturated carbocycles. The zero-order chi connectivity index (χ0) is 12.7. The average molecular weight is 233 g/mol. The molecule has 0 saturated heterocycles. The van der Waals surface area contributed by atoms with Crippen LogP contribution >= 0.6 is 0 Å². The highest BCUT2D eigenvalue weighted by Crippen LogP contribution is 2.18. The van der Waals surface area contributed by atoms with E-state index >= 15 is 0 Å². The first-order valence-corrected chi connectivity index (χ1v) is 6.18.